The third kappa shape index (κ3) is 2.74. The van der Waals surface area contributed by atoms with E-state index in [0.29, 0.717) is 6.42 Å². The smallest absolute Gasteiger partial charge is 0.267 e. The Balaban J connectivity index is 2.02. The third-order valence-corrected chi connectivity index (χ3v) is 3.48. The number of piperidine rings is 1. The first-order chi connectivity index (χ1) is 8.03. The fourth-order valence-electron chi connectivity index (χ4n) is 2.58. The Morgan fingerprint density at radius 3 is 2.82 bits per heavy atom. The molecule has 4 nitrogen and oxygen atoms in total. The summed E-state index contributed by atoms with van der Waals surface area (Å²) in [7, 11) is 0. The number of hydrogen-bond donors (Lipinski definition) is 2. The van der Waals surface area contributed by atoms with Crippen LogP contribution in [0.15, 0.2) is 0 Å². The van der Waals surface area contributed by atoms with E-state index in [0.717, 1.165) is 24.3 Å². The first kappa shape index (κ1) is 12.7. The Morgan fingerprint density at radius 2 is 2.24 bits per heavy atom. The summed E-state index contributed by atoms with van der Waals surface area (Å²) in [5.74, 6) is -3.15. The van der Waals surface area contributed by atoms with E-state index in [1.807, 2.05) is 0 Å². The van der Waals surface area contributed by atoms with E-state index in [9.17, 15) is 13.6 Å². The van der Waals surface area contributed by atoms with Gasteiger partial charge in [0.25, 0.3) is 5.92 Å². The minimum Gasteiger partial charge on any atom is -0.394 e. The van der Waals surface area contributed by atoms with Gasteiger partial charge in [0.15, 0.2) is 0 Å². The summed E-state index contributed by atoms with van der Waals surface area (Å²) in [6.07, 6.45) is 2.22. The maximum atomic E-state index is 13.2. The molecular weight excluding hydrogens is 230 g/mol. The van der Waals surface area contributed by atoms with E-state index in [4.69, 9.17) is 5.11 Å². The van der Waals surface area contributed by atoms with E-state index in [1.54, 1.807) is 0 Å². The molecule has 0 aliphatic carbocycles. The number of aliphatic hydroxyl groups is 1. The molecule has 2 saturated heterocycles. The van der Waals surface area contributed by atoms with Gasteiger partial charge in [-0.2, -0.15) is 0 Å². The quantitative estimate of drug-likeness (QED) is 0.741. The van der Waals surface area contributed by atoms with E-state index in [-0.39, 0.29) is 11.9 Å². The number of alkyl halides is 2. The van der Waals surface area contributed by atoms with Gasteiger partial charge in [0.05, 0.1) is 25.2 Å². The fourth-order valence-corrected chi connectivity index (χ4v) is 2.58. The van der Waals surface area contributed by atoms with Crippen LogP contribution in [-0.2, 0) is 4.79 Å². The molecule has 2 aliphatic rings. The molecule has 0 aromatic rings. The molecule has 0 aromatic heterocycles. The maximum absolute atomic E-state index is 13.2. The first-order valence-electron chi connectivity index (χ1n) is 6.06. The average molecular weight is 248 g/mol. The average Bonchev–Trinajstić information content (AvgIpc) is 2.65. The van der Waals surface area contributed by atoms with Crippen LogP contribution in [0.5, 0.6) is 0 Å². The van der Waals surface area contributed by atoms with E-state index < -0.39 is 31.5 Å². The predicted octanol–water partition coefficient (Wildman–Crippen LogP) is 0.357. The second-order valence-corrected chi connectivity index (χ2v) is 4.87. The number of rotatable bonds is 2. The lowest BCUT2D eigenvalue weighted by Crippen LogP contribution is -2.51. The second kappa shape index (κ2) is 4.86. The van der Waals surface area contributed by atoms with Crippen LogP contribution in [0.1, 0.15) is 25.7 Å². The van der Waals surface area contributed by atoms with Gasteiger partial charge >= 0.3 is 0 Å². The monoisotopic (exact) mass is 248 g/mol. The number of carbonyl (C=O) groups excluding carboxylic acids is 1. The van der Waals surface area contributed by atoms with Gasteiger partial charge in [-0.1, -0.05) is 6.42 Å². The summed E-state index contributed by atoms with van der Waals surface area (Å²) in [5, 5.41) is 12.1. The zero-order valence-corrected chi connectivity index (χ0v) is 9.66. The van der Waals surface area contributed by atoms with Crippen LogP contribution < -0.4 is 5.32 Å². The molecule has 0 radical (unpaired) electrons. The van der Waals surface area contributed by atoms with Crippen LogP contribution in [0.4, 0.5) is 8.78 Å². The lowest BCUT2D eigenvalue weighted by Gasteiger charge is -2.30. The van der Waals surface area contributed by atoms with E-state index in [2.05, 4.69) is 5.32 Å². The van der Waals surface area contributed by atoms with Crippen molar-refractivity contribution in [3.63, 3.8) is 0 Å². The molecule has 0 spiro atoms. The third-order valence-electron chi connectivity index (χ3n) is 3.48. The summed E-state index contributed by atoms with van der Waals surface area (Å²) in [6, 6.07) is -1.09. The van der Waals surface area contributed by atoms with Gasteiger partial charge in [0, 0.05) is 6.42 Å². The van der Waals surface area contributed by atoms with Crippen LogP contribution in [0.3, 0.4) is 0 Å². The zero-order chi connectivity index (χ0) is 12.5. The molecule has 6 heteroatoms. The van der Waals surface area contributed by atoms with Crippen molar-refractivity contribution in [1.82, 2.24) is 10.2 Å². The van der Waals surface area contributed by atoms with Gasteiger partial charge in [-0.15, -0.1) is 0 Å². The van der Waals surface area contributed by atoms with Crippen LogP contribution in [0, 0.1) is 0 Å². The van der Waals surface area contributed by atoms with Gasteiger partial charge in [-0.25, -0.2) is 8.78 Å². The van der Waals surface area contributed by atoms with Crippen LogP contribution >= 0.6 is 0 Å². The standard InChI is InChI=1S/C11H18F2N2O2/c12-11(13)5-8(6-16)15(7-11)10(17)9-3-1-2-4-14-9/h8-9,14,16H,1-7H2/t8-,9+/m0/s1. The number of hydrogen-bond acceptors (Lipinski definition) is 3. The number of nitrogens with zero attached hydrogens (tertiary/aromatic N) is 1. The molecule has 98 valence electrons. The number of likely N-dealkylation sites (tertiary alicyclic amines) is 1. The predicted molar refractivity (Wildman–Crippen MR) is 57.8 cm³/mol. The molecule has 2 N–H and O–H groups in total. The number of aliphatic hydroxyl groups excluding tert-OH is 1. The number of carbonyl (C=O) groups is 1. The Kier molecular flexibility index (Phi) is 3.63. The highest BCUT2D eigenvalue weighted by Crippen LogP contribution is 2.32. The Labute approximate surface area is 99.0 Å². The molecule has 2 heterocycles. The van der Waals surface area contributed by atoms with E-state index in [1.165, 1.54) is 0 Å². The molecule has 17 heavy (non-hydrogen) atoms. The number of nitrogens with one attached hydrogen (secondary N) is 1. The first-order valence-corrected chi connectivity index (χ1v) is 6.06. The van der Waals surface area contributed by atoms with Gasteiger partial charge in [-0.3, -0.25) is 4.79 Å². The molecule has 0 saturated carbocycles. The molecule has 2 rings (SSSR count). The van der Waals surface area contributed by atoms with Crippen molar-refractivity contribution in [2.45, 2.75) is 43.7 Å². The summed E-state index contributed by atoms with van der Waals surface area (Å²) in [6.45, 7) is -0.201. The largest absolute Gasteiger partial charge is 0.394 e. The minimum absolute atomic E-state index is 0.291. The second-order valence-electron chi connectivity index (χ2n) is 4.87. The summed E-state index contributed by atoms with van der Waals surface area (Å²) in [4.78, 5) is 13.2. The van der Waals surface area contributed by atoms with Gasteiger partial charge in [-0.05, 0) is 19.4 Å². The van der Waals surface area contributed by atoms with Crippen molar-refractivity contribution in [3.8, 4) is 0 Å². The highest BCUT2D eigenvalue weighted by molar-refractivity contribution is 5.82. The van der Waals surface area contributed by atoms with Crippen molar-refractivity contribution >= 4 is 5.91 Å². The summed E-state index contributed by atoms with van der Waals surface area (Å²) in [5.41, 5.74) is 0. The molecule has 2 atom stereocenters. The molecule has 0 unspecified atom stereocenters. The zero-order valence-electron chi connectivity index (χ0n) is 9.66. The Bertz CT molecular complexity index is 293. The topological polar surface area (TPSA) is 52.6 Å². The van der Waals surface area contributed by atoms with Crippen LogP contribution in [-0.4, -0.2) is 53.6 Å². The van der Waals surface area contributed by atoms with Crippen LogP contribution in [0.25, 0.3) is 0 Å². The van der Waals surface area contributed by atoms with Gasteiger partial charge in [0.1, 0.15) is 0 Å². The van der Waals surface area contributed by atoms with Gasteiger partial charge < -0.3 is 15.3 Å². The Hall–Kier alpha value is -0.750. The fraction of sp³-hybridized carbons (Fsp3) is 0.909. The van der Waals surface area contributed by atoms with Gasteiger partial charge in [0.2, 0.25) is 5.91 Å². The molecular formula is C11H18F2N2O2. The van der Waals surface area contributed by atoms with Crippen molar-refractivity contribution in [1.29, 1.82) is 0 Å². The maximum Gasteiger partial charge on any atom is 0.267 e. The normalized spacial score (nSPS) is 32.8. The van der Waals surface area contributed by atoms with Crippen molar-refractivity contribution in [2.75, 3.05) is 19.7 Å². The molecule has 2 fully saturated rings. The lowest BCUT2D eigenvalue weighted by atomic mass is 10.0. The summed E-state index contributed by atoms with van der Waals surface area (Å²) >= 11 is 0. The van der Waals surface area contributed by atoms with Crippen LogP contribution in [0.2, 0.25) is 0 Å². The molecule has 0 aromatic carbocycles. The highest BCUT2D eigenvalue weighted by Gasteiger charge is 2.47. The van der Waals surface area contributed by atoms with Crippen molar-refractivity contribution in [2.24, 2.45) is 0 Å². The molecule has 0 bridgehead atoms. The Morgan fingerprint density at radius 1 is 1.47 bits per heavy atom. The highest BCUT2D eigenvalue weighted by atomic mass is 19.3. The molecule has 1 amide bonds. The minimum atomic E-state index is -2.86. The van der Waals surface area contributed by atoms with Crippen molar-refractivity contribution < 1.29 is 18.7 Å². The lowest BCUT2D eigenvalue weighted by molar-refractivity contribution is -0.136. The number of amides is 1. The molecule has 2 aliphatic heterocycles. The van der Waals surface area contributed by atoms with E-state index >= 15 is 0 Å². The van der Waals surface area contributed by atoms with Crippen molar-refractivity contribution in [3.05, 3.63) is 0 Å². The summed E-state index contributed by atoms with van der Waals surface area (Å²) < 4.78 is 26.5. The SMILES string of the molecule is O=C([C@H]1CCCCN1)N1CC(F)(F)C[C@H]1CO. The number of halogens is 2.